The third-order valence-corrected chi connectivity index (χ3v) is 2.81. The largest absolute Gasteiger partial charge is 0.396 e. The minimum atomic E-state index is -0.0308. The zero-order valence-electron chi connectivity index (χ0n) is 9.76. The van der Waals surface area contributed by atoms with Gasteiger partial charge in [0, 0.05) is 19.1 Å². The van der Waals surface area contributed by atoms with Crippen molar-refractivity contribution >= 4 is 5.69 Å². The van der Waals surface area contributed by atoms with E-state index in [2.05, 4.69) is 28.7 Å². The summed E-state index contributed by atoms with van der Waals surface area (Å²) in [5.74, 6) is 0.722. The molecule has 0 aromatic carbocycles. The van der Waals surface area contributed by atoms with Crippen molar-refractivity contribution in [2.45, 2.75) is 26.0 Å². The molecule has 0 spiro atoms. The number of rotatable bonds is 2. The Kier molecular flexibility index (Phi) is 3.36. The third kappa shape index (κ3) is 2.48. The molecule has 1 aromatic heterocycles. The zero-order valence-corrected chi connectivity index (χ0v) is 9.76. The van der Waals surface area contributed by atoms with Crippen LogP contribution in [0.3, 0.4) is 0 Å². The minimum Gasteiger partial charge on any atom is -0.396 e. The molecule has 5 heteroatoms. The van der Waals surface area contributed by atoms with Gasteiger partial charge in [0.25, 0.3) is 0 Å². The van der Waals surface area contributed by atoms with Crippen molar-refractivity contribution < 1.29 is 4.74 Å². The number of morpholine rings is 1. The van der Waals surface area contributed by atoms with Gasteiger partial charge in [0.05, 0.1) is 24.7 Å². The van der Waals surface area contributed by atoms with Crippen molar-refractivity contribution in [1.29, 1.82) is 0 Å². The number of nitrogens with zero attached hydrogens (tertiary/aromatic N) is 3. The lowest BCUT2D eigenvalue weighted by Crippen LogP contribution is -2.42. The maximum Gasteiger partial charge on any atom is 0.158 e. The number of ether oxygens (including phenoxy) is 1. The first-order valence-corrected chi connectivity index (χ1v) is 5.60. The molecule has 1 unspecified atom stereocenters. The van der Waals surface area contributed by atoms with E-state index in [0.29, 0.717) is 11.7 Å². The van der Waals surface area contributed by atoms with Crippen molar-refractivity contribution in [1.82, 2.24) is 14.9 Å². The molecule has 16 heavy (non-hydrogen) atoms. The van der Waals surface area contributed by atoms with E-state index < -0.39 is 0 Å². The van der Waals surface area contributed by atoms with Gasteiger partial charge in [-0.05, 0) is 13.8 Å². The molecule has 0 saturated carbocycles. The van der Waals surface area contributed by atoms with Crippen molar-refractivity contribution in [3.05, 3.63) is 18.2 Å². The van der Waals surface area contributed by atoms with Gasteiger partial charge >= 0.3 is 0 Å². The van der Waals surface area contributed by atoms with Crippen LogP contribution in [0.5, 0.6) is 0 Å². The summed E-state index contributed by atoms with van der Waals surface area (Å²) >= 11 is 0. The summed E-state index contributed by atoms with van der Waals surface area (Å²) in [6.07, 6.45) is 3.22. The smallest absolute Gasteiger partial charge is 0.158 e. The average Bonchev–Trinajstić information content (AvgIpc) is 2.30. The molecule has 1 fully saturated rings. The fourth-order valence-electron chi connectivity index (χ4n) is 1.81. The Morgan fingerprint density at radius 3 is 2.75 bits per heavy atom. The van der Waals surface area contributed by atoms with Gasteiger partial charge in [0.15, 0.2) is 5.82 Å². The summed E-state index contributed by atoms with van der Waals surface area (Å²) < 4.78 is 5.68. The van der Waals surface area contributed by atoms with Crippen LogP contribution in [-0.2, 0) is 4.74 Å². The maximum absolute atomic E-state index is 5.68. The normalized spacial score (nSPS) is 22.6. The Hall–Kier alpha value is -1.20. The van der Waals surface area contributed by atoms with E-state index in [-0.39, 0.29) is 6.10 Å². The Bertz CT molecular complexity index is 338. The first-order valence-electron chi connectivity index (χ1n) is 5.60. The van der Waals surface area contributed by atoms with E-state index in [1.54, 1.807) is 12.4 Å². The van der Waals surface area contributed by atoms with E-state index in [9.17, 15) is 0 Å². The molecule has 1 aliphatic heterocycles. The third-order valence-electron chi connectivity index (χ3n) is 2.81. The molecule has 0 bridgehead atoms. The number of hydrogen-bond acceptors (Lipinski definition) is 5. The molecular weight excluding hydrogens is 204 g/mol. The molecule has 1 aromatic rings. The first-order chi connectivity index (χ1) is 7.66. The molecule has 2 heterocycles. The molecule has 2 N–H and O–H groups in total. The Balaban J connectivity index is 2.06. The molecule has 0 radical (unpaired) electrons. The number of aromatic nitrogens is 2. The molecule has 0 amide bonds. The second kappa shape index (κ2) is 4.76. The van der Waals surface area contributed by atoms with Crippen LogP contribution in [-0.4, -0.2) is 40.6 Å². The highest BCUT2D eigenvalue weighted by atomic mass is 16.5. The summed E-state index contributed by atoms with van der Waals surface area (Å²) in [6, 6.07) is 0.528. The summed E-state index contributed by atoms with van der Waals surface area (Å²) in [5.41, 5.74) is 6.14. The van der Waals surface area contributed by atoms with Gasteiger partial charge in [-0.2, -0.15) is 0 Å². The molecule has 1 saturated heterocycles. The topological polar surface area (TPSA) is 64.3 Å². The lowest BCUT2D eigenvalue weighted by Gasteiger charge is -2.34. The van der Waals surface area contributed by atoms with Crippen LogP contribution in [0.2, 0.25) is 0 Å². The van der Waals surface area contributed by atoms with Crippen LogP contribution in [0.4, 0.5) is 5.69 Å². The number of hydrogen-bond donors (Lipinski definition) is 1. The van der Waals surface area contributed by atoms with Gasteiger partial charge in [-0.3, -0.25) is 4.90 Å². The summed E-state index contributed by atoms with van der Waals surface area (Å²) in [4.78, 5) is 10.8. The van der Waals surface area contributed by atoms with E-state index in [4.69, 9.17) is 10.5 Å². The van der Waals surface area contributed by atoms with Gasteiger partial charge in [-0.25, -0.2) is 9.97 Å². The number of nitrogen functional groups attached to an aromatic ring is 1. The highest BCUT2D eigenvalue weighted by Crippen LogP contribution is 2.20. The molecule has 0 aliphatic carbocycles. The molecule has 88 valence electrons. The van der Waals surface area contributed by atoms with E-state index in [1.807, 2.05) is 0 Å². The number of nitrogens with two attached hydrogens (primary N) is 1. The fraction of sp³-hybridized carbons (Fsp3) is 0.636. The highest BCUT2D eigenvalue weighted by molar-refractivity contribution is 5.30. The maximum atomic E-state index is 5.68. The number of anilines is 1. The van der Waals surface area contributed by atoms with Crippen molar-refractivity contribution in [3.8, 4) is 0 Å². The van der Waals surface area contributed by atoms with Gasteiger partial charge in [-0.15, -0.1) is 0 Å². The predicted octanol–water partition coefficient (Wildman–Crippen LogP) is 0.840. The molecular formula is C11H18N4O. The standard InChI is InChI=1S/C11H18N4O/c1-8(2)15-3-4-16-10(7-15)11-13-5-9(12)6-14-11/h5-6,8,10H,3-4,7,12H2,1-2H3. The van der Waals surface area contributed by atoms with Crippen LogP contribution >= 0.6 is 0 Å². The Labute approximate surface area is 95.6 Å². The van der Waals surface area contributed by atoms with Crippen LogP contribution in [0.1, 0.15) is 25.8 Å². The summed E-state index contributed by atoms with van der Waals surface area (Å²) in [5, 5.41) is 0. The van der Waals surface area contributed by atoms with Crippen LogP contribution in [0.25, 0.3) is 0 Å². The molecule has 1 atom stereocenters. The minimum absolute atomic E-state index is 0.0308. The Morgan fingerprint density at radius 1 is 1.44 bits per heavy atom. The molecule has 2 rings (SSSR count). The summed E-state index contributed by atoms with van der Waals surface area (Å²) in [7, 11) is 0. The summed E-state index contributed by atoms with van der Waals surface area (Å²) in [6.45, 7) is 6.93. The highest BCUT2D eigenvalue weighted by Gasteiger charge is 2.25. The second-order valence-corrected chi connectivity index (χ2v) is 4.32. The first kappa shape index (κ1) is 11.3. The quantitative estimate of drug-likeness (QED) is 0.803. The van der Waals surface area contributed by atoms with Gasteiger partial charge < -0.3 is 10.5 Å². The van der Waals surface area contributed by atoms with Crippen molar-refractivity contribution in [2.75, 3.05) is 25.4 Å². The molecule has 1 aliphatic rings. The monoisotopic (exact) mass is 222 g/mol. The van der Waals surface area contributed by atoms with E-state index in [0.717, 1.165) is 25.5 Å². The van der Waals surface area contributed by atoms with E-state index >= 15 is 0 Å². The second-order valence-electron chi connectivity index (χ2n) is 4.32. The molecule has 5 nitrogen and oxygen atoms in total. The van der Waals surface area contributed by atoms with Crippen LogP contribution in [0, 0.1) is 0 Å². The fourth-order valence-corrected chi connectivity index (χ4v) is 1.81. The van der Waals surface area contributed by atoms with Crippen molar-refractivity contribution in [3.63, 3.8) is 0 Å². The predicted molar refractivity (Wildman–Crippen MR) is 61.8 cm³/mol. The van der Waals surface area contributed by atoms with Gasteiger partial charge in [-0.1, -0.05) is 0 Å². The SMILES string of the molecule is CC(C)N1CCOC(c2ncc(N)cn2)C1. The van der Waals surface area contributed by atoms with E-state index in [1.165, 1.54) is 0 Å². The lowest BCUT2D eigenvalue weighted by atomic mass is 10.2. The zero-order chi connectivity index (χ0) is 11.5. The average molecular weight is 222 g/mol. The van der Waals surface area contributed by atoms with Crippen LogP contribution in [0.15, 0.2) is 12.4 Å². The van der Waals surface area contributed by atoms with Gasteiger partial charge in [0.1, 0.15) is 6.10 Å². The van der Waals surface area contributed by atoms with Crippen molar-refractivity contribution in [2.24, 2.45) is 0 Å². The van der Waals surface area contributed by atoms with Crippen LogP contribution < -0.4 is 5.73 Å². The lowest BCUT2D eigenvalue weighted by molar-refractivity contribution is -0.0442. The Morgan fingerprint density at radius 2 is 2.12 bits per heavy atom. The van der Waals surface area contributed by atoms with Gasteiger partial charge in [0.2, 0.25) is 0 Å².